The van der Waals surface area contributed by atoms with Crippen LogP contribution in [-0.4, -0.2) is 24.8 Å². The standard InChI is InChI=1S/C20H25NO5S/c1-13(18(22)21-15-6-8-16(24-5)9-7-15)17(14-10-11-27-12-14)25-19(23)26-20(2,3)4/h6-13,17H,1-5H3,(H,21,22)/t13-,17-/m1/s1. The first-order valence-corrected chi connectivity index (χ1v) is 9.50. The van der Waals surface area contributed by atoms with Crippen molar-refractivity contribution in [2.45, 2.75) is 39.4 Å². The maximum Gasteiger partial charge on any atom is 0.509 e. The molecule has 0 spiro atoms. The molecule has 0 aliphatic heterocycles. The number of carbonyl (C=O) groups excluding carboxylic acids is 2. The molecule has 146 valence electrons. The van der Waals surface area contributed by atoms with Crippen molar-refractivity contribution in [1.82, 2.24) is 0 Å². The second kappa shape index (κ2) is 8.90. The van der Waals surface area contributed by atoms with Crippen molar-refractivity contribution in [2.24, 2.45) is 5.92 Å². The number of hydrogen-bond acceptors (Lipinski definition) is 6. The Hall–Kier alpha value is -2.54. The Balaban J connectivity index is 2.11. The normalized spacial score (nSPS) is 13.4. The third-order valence-corrected chi connectivity index (χ3v) is 4.41. The maximum atomic E-state index is 12.7. The van der Waals surface area contributed by atoms with E-state index in [1.165, 1.54) is 11.3 Å². The molecule has 0 bridgehead atoms. The van der Waals surface area contributed by atoms with Crippen LogP contribution in [0.3, 0.4) is 0 Å². The average molecular weight is 391 g/mol. The van der Waals surface area contributed by atoms with Gasteiger partial charge >= 0.3 is 6.16 Å². The second-order valence-corrected chi connectivity index (χ2v) is 7.85. The van der Waals surface area contributed by atoms with Crippen molar-refractivity contribution in [3.8, 4) is 5.75 Å². The van der Waals surface area contributed by atoms with Crippen LogP contribution >= 0.6 is 11.3 Å². The topological polar surface area (TPSA) is 73.9 Å². The highest BCUT2D eigenvalue weighted by Gasteiger charge is 2.31. The summed E-state index contributed by atoms with van der Waals surface area (Å²) in [5, 5.41) is 6.56. The van der Waals surface area contributed by atoms with Gasteiger partial charge < -0.3 is 19.5 Å². The summed E-state index contributed by atoms with van der Waals surface area (Å²) in [6.07, 6.45) is -1.55. The Morgan fingerprint density at radius 3 is 2.30 bits per heavy atom. The summed E-state index contributed by atoms with van der Waals surface area (Å²) in [5.41, 5.74) is 0.711. The van der Waals surface area contributed by atoms with Gasteiger partial charge in [0.25, 0.3) is 0 Å². The lowest BCUT2D eigenvalue weighted by Crippen LogP contribution is -2.31. The third kappa shape index (κ3) is 6.29. The van der Waals surface area contributed by atoms with Crippen LogP contribution < -0.4 is 10.1 Å². The van der Waals surface area contributed by atoms with E-state index < -0.39 is 23.8 Å². The van der Waals surface area contributed by atoms with Gasteiger partial charge in [0.2, 0.25) is 5.91 Å². The molecule has 0 aliphatic rings. The van der Waals surface area contributed by atoms with Crippen LogP contribution in [0.15, 0.2) is 41.1 Å². The lowest BCUT2D eigenvalue weighted by atomic mass is 9.98. The molecular formula is C20H25NO5S. The van der Waals surface area contributed by atoms with Gasteiger partial charge in [-0.1, -0.05) is 0 Å². The number of rotatable bonds is 6. The van der Waals surface area contributed by atoms with E-state index in [4.69, 9.17) is 14.2 Å². The lowest BCUT2D eigenvalue weighted by molar-refractivity contribution is -0.124. The van der Waals surface area contributed by atoms with Crippen molar-refractivity contribution in [3.63, 3.8) is 0 Å². The average Bonchev–Trinajstić information content (AvgIpc) is 3.12. The molecule has 1 amide bonds. The fraction of sp³-hybridized carbons (Fsp3) is 0.400. The Kier molecular flexibility index (Phi) is 6.85. The lowest BCUT2D eigenvalue weighted by Gasteiger charge is -2.25. The predicted molar refractivity (Wildman–Crippen MR) is 105 cm³/mol. The van der Waals surface area contributed by atoms with Crippen molar-refractivity contribution >= 4 is 29.1 Å². The van der Waals surface area contributed by atoms with Crippen molar-refractivity contribution < 1.29 is 23.8 Å². The zero-order valence-corrected chi connectivity index (χ0v) is 17.0. The van der Waals surface area contributed by atoms with Gasteiger partial charge in [-0.15, -0.1) is 0 Å². The van der Waals surface area contributed by atoms with E-state index >= 15 is 0 Å². The Morgan fingerprint density at radius 2 is 1.78 bits per heavy atom. The molecule has 1 N–H and O–H groups in total. The highest BCUT2D eigenvalue weighted by Crippen LogP contribution is 2.30. The van der Waals surface area contributed by atoms with E-state index in [2.05, 4.69) is 5.32 Å². The summed E-state index contributed by atoms with van der Waals surface area (Å²) < 4.78 is 15.8. The van der Waals surface area contributed by atoms with Crippen molar-refractivity contribution in [2.75, 3.05) is 12.4 Å². The van der Waals surface area contributed by atoms with Crippen LogP contribution in [0.1, 0.15) is 39.4 Å². The minimum Gasteiger partial charge on any atom is -0.497 e. The highest BCUT2D eigenvalue weighted by atomic mass is 32.1. The molecule has 0 unspecified atom stereocenters. The van der Waals surface area contributed by atoms with E-state index in [0.29, 0.717) is 11.4 Å². The largest absolute Gasteiger partial charge is 0.509 e. The predicted octanol–water partition coefficient (Wildman–Crippen LogP) is 5.02. The molecule has 0 saturated heterocycles. The molecule has 2 atom stereocenters. The molecule has 1 aromatic heterocycles. The smallest absolute Gasteiger partial charge is 0.497 e. The number of carbonyl (C=O) groups is 2. The monoisotopic (exact) mass is 391 g/mol. The minimum absolute atomic E-state index is 0.264. The molecule has 2 rings (SSSR count). The van der Waals surface area contributed by atoms with Crippen molar-refractivity contribution in [3.05, 3.63) is 46.7 Å². The van der Waals surface area contributed by atoms with Gasteiger partial charge in [0, 0.05) is 11.3 Å². The molecule has 0 saturated carbocycles. The molecular weight excluding hydrogens is 366 g/mol. The first kappa shape index (κ1) is 20.8. The van der Waals surface area contributed by atoms with Crippen LogP contribution in [0.4, 0.5) is 10.5 Å². The molecule has 6 nitrogen and oxygen atoms in total. The Bertz CT molecular complexity index is 750. The number of amides is 1. The number of thiophene rings is 1. The molecule has 0 aliphatic carbocycles. The first-order chi connectivity index (χ1) is 12.7. The Morgan fingerprint density at radius 1 is 1.11 bits per heavy atom. The second-order valence-electron chi connectivity index (χ2n) is 7.07. The maximum absolute atomic E-state index is 12.7. The Labute approximate surface area is 163 Å². The van der Waals surface area contributed by atoms with Gasteiger partial charge in [-0.05, 0) is 68.8 Å². The van der Waals surface area contributed by atoms with Crippen LogP contribution in [0, 0.1) is 5.92 Å². The number of methoxy groups -OCH3 is 1. The molecule has 0 radical (unpaired) electrons. The summed E-state index contributed by atoms with van der Waals surface area (Å²) in [5.74, 6) is -0.181. The van der Waals surface area contributed by atoms with Gasteiger partial charge in [-0.3, -0.25) is 4.79 Å². The van der Waals surface area contributed by atoms with Crippen LogP contribution in [0.2, 0.25) is 0 Å². The number of benzene rings is 1. The highest BCUT2D eigenvalue weighted by molar-refractivity contribution is 7.08. The van der Waals surface area contributed by atoms with E-state index in [1.807, 2.05) is 16.8 Å². The number of anilines is 1. The molecule has 1 heterocycles. The fourth-order valence-corrected chi connectivity index (χ4v) is 3.03. The summed E-state index contributed by atoms with van der Waals surface area (Å²) >= 11 is 1.47. The zero-order valence-electron chi connectivity index (χ0n) is 16.1. The number of nitrogens with one attached hydrogen (secondary N) is 1. The molecule has 7 heteroatoms. The summed E-state index contributed by atoms with van der Waals surface area (Å²) in [6, 6.07) is 8.84. The van der Waals surface area contributed by atoms with Crippen LogP contribution in [-0.2, 0) is 14.3 Å². The zero-order chi connectivity index (χ0) is 20.0. The molecule has 27 heavy (non-hydrogen) atoms. The van der Waals surface area contributed by atoms with Crippen molar-refractivity contribution in [1.29, 1.82) is 0 Å². The van der Waals surface area contributed by atoms with Gasteiger partial charge in [0.1, 0.15) is 17.5 Å². The van der Waals surface area contributed by atoms with E-state index in [9.17, 15) is 9.59 Å². The quantitative estimate of drug-likeness (QED) is 0.700. The summed E-state index contributed by atoms with van der Waals surface area (Å²) in [4.78, 5) is 24.8. The van der Waals surface area contributed by atoms with Gasteiger partial charge in [0.05, 0.1) is 13.0 Å². The van der Waals surface area contributed by atoms with Gasteiger partial charge in [0.15, 0.2) is 0 Å². The summed E-state index contributed by atoms with van der Waals surface area (Å²) in [7, 11) is 1.58. The van der Waals surface area contributed by atoms with Gasteiger partial charge in [-0.2, -0.15) is 11.3 Å². The number of ether oxygens (including phenoxy) is 3. The SMILES string of the molecule is COc1ccc(NC(=O)[C@H](C)[C@@H](OC(=O)OC(C)(C)C)c2ccsc2)cc1. The van der Waals surface area contributed by atoms with E-state index in [1.54, 1.807) is 59.1 Å². The first-order valence-electron chi connectivity index (χ1n) is 8.56. The third-order valence-electron chi connectivity index (χ3n) is 3.71. The molecule has 0 fully saturated rings. The molecule has 2 aromatic rings. The van der Waals surface area contributed by atoms with Gasteiger partial charge in [-0.25, -0.2) is 4.79 Å². The molecule has 1 aromatic carbocycles. The van der Waals surface area contributed by atoms with E-state index in [-0.39, 0.29) is 5.91 Å². The van der Waals surface area contributed by atoms with Crippen LogP contribution in [0.25, 0.3) is 0 Å². The summed E-state index contributed by atoms with van der Waals surface area (Å²) in [6.45, 7) is 6.99. The van der Waals surface area contributed by atoms with E-state index in [0.717, 1.165) is 5.56 Å². The van der Waals surface area contributed by atoms with Crippen LogP contribution in [0.5, 0.6) is 5.75 Å². The minimum atomic E-state index is -0.803. The fourth-order valence-electron chi connectivity index (χ4n) is 2.34. The number of hydrogen-bond donors (Lipinski definition) is 1.